The van der Waals surface area contributed by atoms with Crippen molar-refractivity contribution in [1.29, 1.82) is 0 Å². The lowest BCUT2D eigenvalue weighted by molar-refractivity contribution is 0.338. The molecule has 0 aliphatic heterocycles. The molecule has 2 rings (SSSR count). The Hall–Kier alpha value is -1.65. The molecule has 0 aliphatic rings. The van der Waals surface area contributed by atoms with Crippen molar-refractivity contribution >= 4 is 11.6 Å². The van der Waals surface area contributed by atoms with E-state index in [0.29, 0.717) is 23.1 Å². The van der Waals surface area contributed by atoms with Crippen molar-refractivity contribution in [3.05, 3.63) is 53.1 Å². The quantitative estimate of drug-likeness (QED) is 0.921. The van der Waals surface area contributed by atoms with E-state index >= 15 is 0 Å². The first-order valence-corrected chi connectivity index (χ1v) is 6.04. The molecule has 0 spiro atoms. The number of halogens is 1. The topological polar surface area (TPSA) is 61.0 Å². The molecule has 0 saturated heterocycles. The number of pyridine rings is 2. The van der Waals surface area contributed by atoms with Crippen LogP contribution in [0, 0.1) is 0 Å². The van der Waals surface area contributed by atoms with Crippen LogP contribution in [0.3, 0.4) is 0 Å². The number of aromatic nitrogens is 2. The number of ether oxygens (including phenoxy) is 1. The fraction of sp³-hybridized carbons (Fsp3) is 0.231. The molecule has 2 aromatic heterocycles. The van der Waals surface area contributed by atoms with Gasteiger partial charge in [-0.3, -0.25) is 9.97 Å². The van der Waals surface area contributed by atoms with Gasteiger partial charge in [0.05, 0.1) is 29.6 Å². The molecule has 0 fully saturated rings. The van der Waals surface area contributed by atoms with E-state index in [4.69, 9.17) is 22.1 Å². The number of nitrogens with zero attached hydrogens (tertiary/aromatic N) is 2. The first kappa shape index (κ1) is 12.8. The van der Waals surface area contributed by atoms with Gasteiger partial charge in [-0.25, -0.2) is 0 Å². The standard InChI is InChI=1S/C13H14ClN3O/c1-2-18-10-6-9(7-16-8-10)12(15)13-11(14)4-3-5-17-13/h3-8,12H,2,15H2,1H3. The van der Waals surface area contributed by atoms with Crippen LogP contribution in [0.15, 0.2) is 36.8 Å². The average Bonchev–Trinajstić information content (AvgIpc) is 2.39. The van der Waals surface area contributed by atoms with Crippen LogP contribution in [0.1, 0.15) is 24.2 Å². The highest BCUT2D eigenvalue weighted by atomic mass is 35.5. The molecule has 0 radical (unpaired) electrons. The van der Waals surface area contributed by atoms with Crippen LogP contribution < -0.4 is 10.5 Å². The van der Waals surface area contributed by atoms with Gasteiger partial charge in [-0.05, 0) is 30.7 Å². The molecule has 1 atom stereocenters. The van der Waals surface area contributed by atoms with Crippen LogP contribution >= 0.6 is 11.6 Å². The van der Waals surface area contributed by atoms with Gasteiger partial charge in [0, 0.05) is 12.4 Å². The smallest absolute Gasteiger partial charge is 0.137 e. The SMILES string of the molecule is CCOc1cncc(C(N)c2ncccc2Cl)c1. The lowest BCUT2D eigenvalue weighted by Gasteiger charge is -2.13. The van der Waals surface area contributed by atoms with Crippen molar-refractivity contribution in [3.63, 3.8) is 0 Å². The molecule has 5 heteroatoms. The van der Waals surface area contributed by atoms with Crippen LogP contribution in [0.2, 0.25) is 5.02 Å². The average molecular weight is 264 g/mol. The van der Waals surface area contributed by atoms with Gasteiger partial charge >= 0.3 is 0 Å². The predicted molar refractivity (Wildman–Crippen MR) is 70.7 cm³/mol. The summed E-state index contributed by atoms with van der Waals surface area (Å²) in [5.41, 5.74) is 7.59. The summed E-state index contributed by atoms with van der Waals surface area (Å²) in [5.74, 6) is 0.692. The Balaban J connectivity index is 2.31. The minimum atomic E-state index is -0.411. The summed E-state index contributed by atoms with van der Waals surface area (Å²) in [6, 6.07) is 4.98. The molecule has 94 valence electrons. The van der Waals surface area contributed by atoms with Gasteiger partial charge in [-0.2, -0.15) is 0 Å². The minimum Gasteiger partial charge on any atom is -0.492 e. The largest absolute Gasteiger partial charge is 0.492 e. The van der Waals surface area contributed by atoms with Crippen LogP contribution in [0.25, 0.3) is 0 Å². The third-order valence-corrected chi connectivity index (χ3v) is 2.81. The number of rotatable bonds is 4. The van der Waals surface area contributed by atoms with Crippen molar-refractivity contribution in [3.8, 4) is 5.75 Å². The van der Waals surface area contributed by atoms with Crippen molar-refractivity contribution in [2.24, 2.45) is 5.73 Å². The molecule has 0 aliphatic carbocycles. The molecule has 0 bridgehead atoms. The van der Waals surface area contributed by atoms with Crippen LogP contribution in [-0.2, 0) is 0 Å². The summed E-state index contributed by atoms with van der Waals surface area (Å²) in [6.07, 6.45) is 5.01. The highest BCUT2D eigenvalue weighted by molar-refractivity contribution is 6.31. The van der Waals surface area contributed by atoms with Gasteiger partial charge in [-0.1, -0.05) is 11.6 Å². The van der Waals surface area contributed by atoms with Crippen molar-refractivity contribution in [2.45, 2.75) is 13.0 Å². The van der Waals surface area contributed by atoms with E-state index in [1.807, 2.05) is 13.0 Å². The van der Waals surface area contributed by atoms with E-state index < -0.39 is 6.04 Å². The van der Waals surface area contributed by atoms with Crippen LogP contribution in [0.4, 0.5) is 0 Å². The lowest BCUT2D eigenvalue weighted by atomic mass is 10.1. The Kier molecular flexibility index (Phi) is 4.12. The number of hydrogen-bond donors (Lipinski definition) is 1. The van der Waals surface area contributed by atoms with Crippen LogP contribution in [0.5, 0.6) is 5.75 Å². The first-order valence-electron chi connectivity index (χ1n) is 5.66. The molecule has 18 heavy (non-hydrogen) atoms. The van der Waals surface area contributed by atoms with E-state index in [1.54, 1.807) is 30.7 Å². The van der Waals surface area contributed by atoms with E-state index in [1.165, 1.54) is 0 Å². The monoisotopic (exact) mass is 263 g/mol. The van der Waals surface area contributed by atoms with Gasteiger partial charge in [0.1, 0.15) is 5.75 Å². The molecule has 0 aromatic carbocycles. The van der Waals surface area contributed by atoms with Crippen molar-refractivity contribution in [1.82, 2.24) is 9.97 Å². The summed E-state index contributed by atoms with van der Waals surface area (Å²) in [7, 11) is 0. The zero-order valence-corrected chi connectivity index (χ0v) is 10.8. The molecule has 0 amide bonds. The molecule has 0 saturated carbocycles. The molecule has 1 unspecified atom stereocenters. The van der Waals surface area contributed by atoms with E-state index in [2.05, 4.69) is 9.97 Å². The highest BCUT2D eigenvalue weighted by Gasteiger charge is 2.14. The fourth-order valence-electron chi connectivity index (χ4n) is 1.64. The van der Waals surface area contributed by atoms with Crippen molar-refractivity contribution in [2.75, 3.05) is 6.61 Å². The van der Waals surface area contributed by atoms with E-state index in [-0.39, 0.29) is 0 Å². The normalized spacial score (nSPS) is 12.2. The Morgan fingerprint density at radius 3 is 3.00 bits per heavy atom. The van der Waals surface area contributed by atoms with Gasteiger partial charge in [0.2, 0.25) is 0 Å². The van der Waals surface area contributed by atoms with E-state index in [9.17, 15) is 0 Å². The summed E-state index contributed by atoms with van der Waals surface area (Å²) in [4.78, 5) is 8.31. The second-order valence-corrected chi connectivity index (χ2v) is 4.14. The molecule has 4 nitrogen and oxygen atoms in total. The maximum Gasteiger partial charge on any atom is 0.137 e. The number of nitrogens with two attached hydrogens (primary N) is 1. The summed E-state index contributed by atoms with van der Waals surface area (Å²) in [6.45, 7) is 2.51. The molecular weight excluding hydrogens is 250 g/mol. The van der Waals surface area contributed by atoms with Gasteiger partial charge in [0.25, 0.3) is 0 Å². The maximum atomic E-state index is 6.14. The Morgan fingerprint density at radius 2 is 2.28 bits per heavy atom. The maximum absolute atomic E-state index is 6.14. The summed E-state index contributed by atoms with van der Waals surface area (Å²) in [5, 5.41) is 0.548. The van der Waals surface area contributed by atoms with Gasteiger partial charge in [0.15, 0.2) is 0 Å². The van der Waals surface area contributed by atoms with E-state index in [0.717, 1.165) is 5.56 Å². The highest BCUT2D eigenvalue weighted by Crippen LogP contribution is 2.25. The molecule has 2 aromatic rings. The third kappa shape index (κ3) is 2.78. The van der Waals surface area contributed by atoms with Gasteiger partial charge in [-0.15, -0.1) is 0 Å². The Bertz CT molecular complexity index is 533. The fourth-order valence-corrected chi connectivity index (χ4v) is 1.87. The van der Waals surface area contributed by atoms with Crippen molar-refractivity contribution < 1.29 is 4.74 Å². The zero-order chi connectivity index (χ0) is 13.0. The Labute approximate surface area is 111 Å². The summed E-state index contributed by atoms with van der Waals surface area (Å²) < 4.78 is 5.39. The minimum absolute atomic E-state index is 0.411. The second-order valence-electron chi connectivity index (χ2n) is 3.74. The predicted octanol–water partition coefficient (Wildman–Crippen LogP) is 2.58. The molecular formula is C13H14ClN3O. The number of hydrogen-bond acceptors (Lipinski definition) is 4. The first-order chi connectivity index (χ1) is 8.72. The third-order valence-electron chi connectivity index (χ3n) is 2.49. The lowest BCUT2D eigenvalue weighted by Crippen LogP contribution is -2.14. The second kappa shape index (κ2) is 5.80. The van der Waals surface area contributed by atoms with Gasteiger partial charge < -0.3 is 10.5 Å². The van der Waals surface area contributed by atoms with Crippen LogP contribution in [-0.4, -0.2) is 16.6 Å². The molecule has 2 heterocycles. The Morgan fingerprint density at radius 1 is 1.44 bits per heavy atom. The molecule has 2 N–H and O–H groups in total. The zero-order valence-electron chi connectivity index (χ0n) is 10.0. The summed E-state index contributed by atoms with van der Waals surface area (Å²) >= 11 is 6.08.